The number of nitrogens with one attached hydrogen (secondary N) is 1. The second-order valence-corrected chi connectivity index (χ2v) is 7.61. The van der Waals surface area contributed by atoms with E-state index in [1.165, 1.54) is 18.3 Å². The number of hydrogen-bond donors (Lipinski definition) is 2. The summed E-state index contributed by atoms with van der Waals surface area (Å²) in [5.74, 6) is -1.07. The van der Waals surface area contributed by atoms with Gasteiger partial charge in [-0.15, -0.1) is 10.2 Å². The topological polar surface area (TPSA) is 107 Å². The van der Waals surface area contributed by atoms with Crippen molar-refractivity contribution in [1.29, 1.82) is 0 Å². The number of alkyl halides is 1. The van der Waals surface area contributed by atoms with Crippen molar-refractivity contribution in [3.8, 4) is 11.3 Å². The highest BCUT2D eigenvalue weighted by Gasteiger charge is 2.48. The Morgan fingerprint density at radius 3 is 2.70 bits per heavy atom. The molecule has 1 amide bonds. The van der Waals surface area contributed by atoms with Crippen molar-refractivity contribution in [2.24, 2.45) is 5.73 Å². The number of carbonyl (C=O) groups is 1. The molecule has 154 valence electrons. The zero-order valence-electron chi connectivity index (χ0n) is 15.6. The van der Waals surface area contributed by atoms with E-state index in [0.717, 1.165) is 6.07 Å². The fourth-order valence-corrected chi connectivity index (χ4v) is 3.91. The number of nitrogens with zero attached hydrogens (tertiary/aromatic N) is 4. The quantitative estimate of drug-likeness (QED) is 0.621. The Morgan fingerprint density at radius 2 is 2.07 bits per heavy atom. The molecule has 30 heavy (non-hydrogen) atoms. The number of rotatable bonds is 6. The third-order valence-electron chi connectivity index (χ3n) is 5.16. The summed E-state index contributed by atoms with van der Waals surface area (Å²) in [4.78, 5) is 19.8. The van der Waals surface area contributed by atoms with Crippen LogP contribution in [0.1, 0.15) is 28.9 Å². The van der Waals surface area contributed by atoms with Crippen LogP contribution in [0.3, 0.4) is 0 Å². The normalized spacial score (nSPS) is 20.4. The zero-order chi connectivity index (χ0) is 21.3. The van der Waals surface area contributed by atoms with Crippen molar-refractivity contribution in [1.82, 2.24) is 20.2 Å². The molecule has 7 nitrogen and oxygen atoms in total. The van der Waals surface area contributed by atoms with Gasteiger partial charge in [0, 0.05) is 29.3 Å². The molecular formula is C20H17ClF2N6O. The minimum atomic E-state index is -0.924. The predicted octanol–water partition coefficient (Wildman–Crippen LogP) is 3.31. The Morgan fingerprint density at radius 1 is 1.27 bits per heavy atom. The predicted molar refractivity (Wildman–Crippen MR) is 107 cm³/mol. The van der Waals surface area contributed by atoms with Crippen LogP contribution in [0.2, 0.25) is 5.02 Å². The molecule has 2 aromatic heterocycles. The van der Waals surface area contributed by atoms with E-state index in [2.05, 4.69) is 25.5 Å². The lowest BCUT2D eigenvalue weighted by molar-refractivity contribution is 0.0993. The molecule has 0 aliphatic heterocycles. The molecule has 1 fully saturated rings. The van der Waals surface area contributed by atoms with E-state index in [9.17, 15) is 13.6 Å². The van der Waals surface area contributed by atoms with Crippen LogP contribution < -0.4 is 11.1 Å². The van der Waals surface area contributed by atoms with E-state index < -0.39 is 23.3 Å². The van der Waals surface area contributed by atoms with Gasteiger partial charge in [-0.1, -0.05) is 11.6 Å². The smallest absolute Gasteiger partial charge is 0.248 e. The number of halogens is 3. The molecular weight excluding hydrogens is 414 g/mol. The van der Waals surface area contributed by atoms with Gasteiger partial charge in [-0.05, 0) is 43.2 Å². The number of pyridine rings is 1. The van der Waals surface area contributed by atoms with Crippen molar-refractivity contribution in [3.63, 3.8) is 0 Å². The number of aromatic nitrogens is 4. The maximum absolute atomic E-state index is 14.1. The Kier molecular flexibility index (Phi) is 5.29. The number of amides is 1. The average Bonchev–Trinajstić information content (AvgIpc) is 2.71. The van der Waals surface area contributed by atoms with Crippen LogP contribution in [0.25, 0.3) is 11.3 Å². The molecule has 1 aliphatic carbocycles. The molecule has 1 saturated carbocycles. The average molecular weight is 431 g/mol. The molecule has 2 heterocycles. The highest BCUT2D eigenvalue weighted by atomic mass is 35.5. The van der Waals surface area contributed by atoms with Crippen molar-refractivity contribution < 1.29 is 13.6 Å². The van der Waals surface area contributed by atoms with E-state index in [-0.39, 0.29) is 35.6 Å². The van der Waals surface area contributed by atoms with Gasteiger partial charge in [-0.2, -0.15) is 0 Å². The summed E-state index contributed by atoms with van der Waals surface area (Å²) in [5.41, 5.74) is 5.66. The fraction of sp³-hybridized carbons (Fsp3) is 0.250. The largest absolute Gasteiger partial charge is 0.366 e. The van der Waals surface area contributed by atoms with Gasteiger partial charge in [-0.3, -0.25) is 9.78 Å². The van der Waals surface area contributed by atoms with Crippen LogP contribution in [-0.4, -0.2) is 38.8 Å². The van der Waals surface area contributed by atoms with E-state index in [0.29, 0.717) is 17.3 Å². The molecule has 0 unspecified atom stereocenters. The summed E-state index contributed by atoms with van der Waals surface area (Å²) in [5, 5.41) is 11.5. The summed E-state index contributed by atoms with van der Waals surface area (Å²) in [6, 6.07) is 7.16. The molecule has 0 bridgehead atoms. The molecule has 1 aliphatic rings. The lowest BCUT2D eigenvalue weighted by Gasteiger charge is -2.44. The molecule has 0 saturated heterocycles. The Bertz CT molecular complexity index is 1090. The standard InChI is InChI=1S/C20H17ClF2N6O/c21-14-2-1-5-25-17(14)20(7-12(22)8-20)10-27-19-26-9-16(28-29-19)13-6-11(18(24)30)3-4-15(13)23/h1-6,9,12H,7-8,10H2,(H2,24,30)(H,26,27,29)/t12-,20-. The summed E-state index contributed by atoms with van der Waals surface area (Å²) in [6.07, 6.45) is 2.60. The van der Waals surface area contributed by atoms with Gasteiger partial charge in [0.05, 0.1) is 16.9 Å². The number of hydrogen-bond acceptors (Lipinski definition) is 6. The van der Waals surface area contributed by atoms with Crippen LogP contribution in [0.4, 0.5) is 14.7 Å². The molecule has 10 heteroatoms. The number of benzene rings is 1. The molecule has 0 radical (unpaired) electrons. The summed E-state index contributed by atoms with van der Waals surface area (Å²) in [6.45, 7) is 0.316. The van der Waals surface area contributed by atoms with Crippen molar-refractivity contribution in [2.45, 2.75) is 24.4 Å². The minimum absolute atomic E-state index is 0.0638. The summed E-state index contributed by atoms with van der Waals surface area (Å²) in [7, 11) is 0. The van der Waals surface area contributed by atoms with Crippen molar-refractivity contribution in [3.05, 3.63) is 64.8 Å². The third-order valence-corrected chi connectivity index (χ3v) is 5.46. The third kappa shape index (κ3) is 3.80. The number of nitrogens with two attached hydrogens (primary N) is 1. The van der Waals surface area contributed by atoms with Gasteiger partial charge in [-0.25, -0.2) is 13.8 Å². The van der Waals surface area contributed by atoms with Crippen LogP contribution in [-0.2, 0) is 5.41 Å². The van der Waals surface area contributed by atoms with E-state index in [4.69, 9.17) is 17.3 Å². The molecule has 1 aromatic carbocycles. The molecule has 0 spiro atoms. The van der Waals surface area contributed by atoms with Gasteiger partial charge in [0.15, 0.2) is 0 Å². The molecule has 3 N–H and O–H groups in total. The van der Waals surface area contributed by atoms with Gasteiger partial charge in [0.2, 0.25) is 11.9 Å². The first-order valence-corrected chi connectivity index (χ1v) is 9.54. The van der Waals surface area contributed by atoms with Crippen LogP contribution in [0, 0.1) is 5.82 Å². The van der Waals surface area contributed by atoms with Gasteiger partial charge in [0.25, 0.3) is 0 Å². The van der Waals surface area contributed by atoms with Crippen molar-refractivity contribution in [2.75, 3.05) is 11.9 Å². The maximum atomic E-state index is 14.1. The van der Waals surface area contributed by atoms with Crippen molar-refractivity contribution >= 4 is 23.5 Å². The molecule has 0 atom stereocenters. The Hall–Kier alpha value is -3.20. The first kappa shape index (κ1) is 20.1. The maximum Gasteiger partial charge on any atom is 0.248 e. The van der Waals surface area contributed by atoms with E-state index >= 15 is 0 Å². The van der Waals surface area contributed by atoms with Crippen LogP contribution in [0.5, 0.6) is 0 Å². The summed E-state index contributed by atoms with van der Waals surface area (Å²) < 4.78 is 27.8. The first-order chi connectivity index (χ1) is 14.4. The number of anilines is 1. The Balaban J connectivity index is 1.52. The van der Waals surface area contributed by atoms with Gasteiger partial charge < -0.3 is 11.1 Å². The highest BCUT2D eigenvalue weighted by Crippen LogP contribution is 2.46. The Labute approximate surface area is 175 Å². The van der Waals surface area contributed by atoms with E-state index in [1.54, 1.807) is 18.3 Å². The highest BCUT2D eigenvalue weighted by molar-refractivity contribution is 6.31. The van der Waals surface area contributed by atoms with Crippen LogP contribution >= 0.6 is 11.6 Å². The van der Waals surface area contributed by atoms with Gasteiger partial charge >= 0.3 is 0 Å². The number of primary amides is 1. The summed E-state index contributed by atoms with van der Waals surface area (Å²) >= 11 is 6.26. The molecule has 3 aromatic rings. The molecule has 4 rings (SSSR count). The zero-order valence-corrected chi connectivity index (χ0v) is 16.4. The lowest BCUT2D eigenvalue weighted by Crippen LogP contribution is -2.48. The van der Waals surface area contributed by atoms with Gasteiger partial charge in [0.1, 0.15) is 17.7 Å². The SMILES string of the molecule is NC(=O)c1ccc(F)c(-c2cnc(NC[C@]3(c4ncccc4Cl)C[C@H](F)C3)nn2)c1. The lowest BCUT2D eigenvalue weighted by atomic mass is 9.65. The minimum Gasteiger partial charge on any atom is -0.366 e. The monoisotopic (exact) mass is 430 g/mol. The second kappa shape index (κ2) is 7.91. The number of carbonyl (C=O) groups excluding carboxylic acids is 1. The fourth-order valence-electron chi connectivity index (χ4n) is 3.59. The second-order valence-electron chi connectivity index (χ2n) is 7.20. The van der Waals surface area contributed by atoms with Crippen LogP contribution in [0.15, 0.2) is 42.7 Å². The first-order valence-electron chi connectivity index (χ1n) is 9.16. The van der Waals surface area contributed by atoms with E-state index in [1.807, 2.05) is 0 Å².